The quantitative estimate of drug-likeness (QED) is 0.556. The van der Waals surface area contributed by atoms with Crippen molar-refractivity contribution in [2.24, 2.45) is 17.3 Å². The predicted octanol–water partition coefficient (Wildman–Crippen LogP) is 4.01. The van der Waals surface area contributed by atoms with E-state index in [0.29, 0.717) is 42.9 Å². The third-order valence-electron chi connectivity index (χ3n) is 7.59. The first kappa shape index (κ1) is 16.6. The molecule has 0 amide bonds. The van der Waals surface area contributed by atoms with Gasteiger partial charge in [-0.3, -0.25) is 4.79 Å². The minimum atomic E-state index is -0.257. The molecule has 0 aromatic heterocycles. The fourth-order valence-corrected chi connectivity index (χ4v) is 5.90. The fourth-order valence-electron chi connectivity index (χ4n) is 5.90. The van der Waals surface area contributed by atoms with Crippen molar-refractivity contribution < 1.29 is 19.0 Å². The van der Waals surface area contributed by atoms with Crippen LogP contribution >= 0.6 is 0 Å². The molecule has 6 unspecified atom stereocenters. The summed E-state index contributed by atoms with van der Waals surface area (Å²) in [7, 11) is 0. The average molecular weight is 348 g/mol. The van der Waals surface area contributed by atoms with Gasteiger partial charge in [-0.25, -0.2) is 0 Å². The van der Waals surface area contributed by atoms with Crippen molar-refractivity contribution in [1.29, 1.82) is 0 Å². The summed E-state index contributed by atoms with van der Waals surface area (Å²) in [5, 5.41) is 0. The van der Waals surface area contributed by atoms with Crippen molar-refractivity contribution in [2.75, 3.05) is 6.61 Å². The van der Waals surface area contributed by atoms with Crippen molar-refractivity contribution in [1.82, 2.24) is 0 Å². The summed E-state index contributed by atoms with van der Waals surface area (Å²) in [6.45, 7) is 0.604. The molecule has 0 bridgehead atoms. The highest BCUT2D eigenvalue weighted by atomic mass is 16.6. The molecule has 2 heterocycles. The zero-order valence-corrected chi connectivity index (χ0v) is 15.3. The summed E-state index contributed by atoms with van der Waals surface area (Å²) < 4.78 is 17.3. The highest BCUT2D eigenvalue weighted by molar-refractivity contribution is 5.77. The number of carbonyl (C=O) groups is 1. The summed E-state index contributed by atoms with van der Waals surface area (Å²) in [4.78, 5) is 13.2. The van der Waals surface area contributed by atoms with E-state index in [1.165, 1.54) is 32.1 Å². The number of carbonyl (C=O) groups excluding carboxylic acids is 1. The minimum absolute atomic E-state index is 0.0888. The van der Waals surface area contributed by atoms with Gasteiger partial charge in [0.05, 0.1) is 36.4 Å². The lowest BCUT2D eigenvalue weighted by molar-refractivity contribution is -0.161. The van der Waals surface area contributed by atoms with Crippen molar-refractivity contribution in [3.63, 3.8) is 0 Å². The lowest BCUT2D eigenvalue weighted by Gasteiger charge is -2.37. The lowest BCUT2D eigenvalue weighted by Crippen LogP contribution is -2.40. The molecule has 3 aliphatic carbocycles. The molecule has 5 fully saturated rings. The molecule has 0 aromatic carbocycles. The largest absolute Gasteiger partial charge is 0.465 e. The van der Waals surface area contributed by atoms with Gasteiger partial charge in [0.25, 0.3) is 0 Å². The second kappa shape index (κ2) is 6.53. The second-order valence-corrected chi connectivity index (χ2v) is 9.43. The number of epoxide rings is 2. The van der Waals surface area contributed by atoms with E-state index in [2.05, 4.69) is 0 Å². The van der Waals surface area contributed by atoms with Crippen molar-refractivity contribution in [3.05, 3.63) is 0 Å². The molecule has 2 aliphatic heterocycles. The molecule has 6 atom stereocenters. The van der Waals surface area contributed by atoms with E-state index in [4.69, 9.17) is 14.2 Å². The smallest absolute Gasteiger partial charge is 0.312 e. The SMILES string of the molecule is O=C(OCC1CCC2OC2C1)C1(CC2CCCCC2)CCC2OC2C1. The average Bonchev–Trinajstić information content (AvgIpc) is 3.54. The van der Waals surface area contributed by atoms with Gasteiger partial charge < -0.3 is 14.2 Å². The predicted molar refractivity (Wildman–Crippen MR) is 93.1 cm³/mol. The number of esters is 1. The number of fused-ring (bicyclic) bond motifs is 2. The molecule has 5 rings (SSSR count). The van der Waals surface area contributed by atoms with E-state index in [0.717, 1.165) is 44.9 Å². The first-order valence-corrected chi connectivity index (χ1v) is 10.7. The van der Waals surface area contributed by atoms with Crippen LogP contribution in [0.25, 0.3) is 0 Å². The Hall–Kier alpha value is -0.610. The molecule has 140 valence electrons. The van der Waals surface area contributed by atoms with E-state index in [1.807, 2.05) is 0 Å². The monoisotopic (exact) mass is 348 g/mol. The van der Waals surface area contributed by atoms with Crippen LogP contribution in [0.1, 0.15) is 77.0 Å². The van der Waals surface area contributed by atoms with Crippen LogP contribution < -0.4 is 0 Å². The Kier molecular flexibility index (Phi) is 4.32. The summed E-state index contributed by atoms with van der Waals surface area (Å²) in [6.07, 6.45) is 15.7. The molecular weight excluding hydrogens is 316 g/mol. The van der Waals surface area contributed by atoms with Crippen LogP contribution in [-0.4, -0.2) is 37.0 Å². The highest BCUT2D eigenvalue weighted by Crippen LogP contribution is 2.51. The van der Waals surface area contributed by atoms with Gasteiger partial charge in [0.15, 0.2) is 0 Å². The molecule has 2 saturated heterocycles. The highest BCUT2D eigenvalue weighted by Gasteiger charge is 2.55. The Balaban J connectivity index is 1.21. The third kappa shape index (κ3) is 3.49. The lowest BCUT2D eigenvalue weighted by atomic mass is 9.67. The zero-order chi connectivity index (χ0) is 16.9. The Morgan fingerprint density at radius 3 is 2.48 bits per heavy atom. The Morgan fingerprint density at radius 1 is 0.880 bits per heavy atom. The maximum Gasteiger partial charge on any atom is 0.312 e. The van der Waals surface area contributed by atoms with Crippen LogP contribution in [0.3, 0.4) is 0 Å². The molecule has 0 aromatic rings. The van der Waals surface area contributed by atoms with Crippen LogP contribution in [0.15, 0.2) is 0 Å². The van der Waals surface area contributed by atoms with Gasteiger partial charge >= 0.3 is 5.97 Å². The van der Waals surface area contributed by atoms with Gasteiger partial charge in [-0.15, -0.1) is 0 Å². The summed E-state index contributed by atoms with van der Waals surface area (Å²) in [6, 6.07) is 0. The standard InChI is InChI=1S/C21H32O4/c22-20(23-13-15-6-7-16-18(10-15)24-16)21(9-8-17-19(12-21)25-17)11-14-4-2-1-3-5-14/h14-19H,1-13H2. The van der Waals surface area contributed by atoms with Gasteiger partial charge in [0, 0.05) is 0 Å². The van der Waals surface area contributed by atoms with E-state index < -0.39 is 0 Å². The van der Waals surface area contributed by atoms with Crippen molar-refractivity contribution >= 4 is 5.97 Å². The van der Waals surface area contributed by atoms with Gasteiger partial charge in [-0.05, 0) is 56.8 Å². The van der Waals surface area contributed by atoms with E-state index in [1.54, 1.807) is 0 Å². The fraction of sp³-hybridized carbons (Fsp3) is 0.952. The normalized spacial score (nSPS) is 46.0. The first-order chi connectivity index (χ1) is 12.2. The number of rotatable bonds is 5. The van der Waals surface area contributed by atoms with E-state index >= 15 is 0 Å². The summed E-state index contributed by atoms with van der Waals surface area (Å²) in [5.74, 6) is 1.31. The van der Waals surface area contributed by atoms with Gasteiger partial charge in [0.1, 0.15) is 0 Å². The maximum atomic E-state index is 13.2. The molecule has 3 saturated carbocycles. The molecule has 0 radical (unpaired) electrons. The molecule has 0 spiro atoms. The molecule has 5 aliphatic rings. The Labute approximate surface area is 151 Å². The van der Waals surface area contributed by atoms with Crippen molar-refractivity contribution in [3.8, 4) is 0 Å². The van der Waals surface area contributed by atoms with Gasteiger partial charge in [0.2, 0.25) is 0 Å². The number of hydrogen-bond donors (Lipinski definition) is 0. The Morgan fingerprint density at radius 2 is 1.68 bits per heavy atom. The molecule has 4 nitrogen and oxygen atoms in total. The topological polar surface area (TPSA) is 51.4 Å². The molecule has 0 N–H and O–H groups in total. The van der Waals surface area contributed by atoms with Crippen LogP contribution in [0.5, 0.6) is 0 Å². The molecular formula is C21H32O4. The van der Waals surface area contributed by atoms with E-state index in [-0.39, 0.29) is 11.4 Å². The van der Waals surface area contributed by atoms with Crippen LogP contribution in [0, 0.1) is 17.3 Å². The third-order valence-corrected chi connectivity index (χ3v) is 7.59. The second-order valence-electron chi connectivity index (χ2n) is 9.43. The zero-order valence-electron chi connectivity index (χ0n) is 15.3. The Bertz CT molecular complexity index is 514. The van der Waals surface area contributed by atoms with Crippen LogP contribution in [-0.2, 0) is 19.0 Å². The molecule has 4 heteroatoms. The van der Waals surface area contributed by atoms with Crippen molar-refractivity contribution in [2.45, 2.75) is 101 Å². The maximum absolute atomic E-state index is 13.2. The van der Waals surface area contributed by atoms with Gasteiger partial charge in [-0.1, -0.05) is 32.1 Å². The number of ether oxygens (including phenoxy) is 3. The molecule has 25 heavy (non-hydrogen) atoms. The summed E-state index contributed by atoms with van der Waals surface area (Å²) in [5.41, 5.74) is -0.257. The number of hydrogen-bond acceptors (Lipinski definition) is 4. The first-order valence-electron chi connectivity index (χ1n) is 10.7. The minimum Gasteiger partial charge on any atom is -0.465 e. The van der Waals surface area contributed by atoms with Gasteiger partial charge in [-0.2, -0.15) is 0 Å². The van der Waals surface area contributed by atoms with Crippen LogP contribution in [0.2, 0.25) is 0 Å². The van der Waals surface area contributed by atoms with Crippen LogP contribution in [0.4, 0.5) is 0 Å². The summed E-state index contributed by atoms with van der Waals surface area (Å²) >= 11 is 0. The van der Waals surface area contributed by atoms with E-state index in [9.17, 15) is 4.79 Å².